The number of hydrogen-bond acceptors (Lipinski definition) is 0. The van der Waals surface area contributed by atoms with E-state index in [1.807, 2.05) is 13.0 Å². The zero-order chi connectivity index (χ0) is 5.86. The lowest BCUT2D eigenvalue weighted by Crippen LogP contribution is -1.55. The highest BCUT2D eigenvalue weighted by atomic mass is 79.9. The van der Waals surface area contributed by atoms with Gasteiger partial charge in [-0.15, -0.1) is 0 Å². The first-order valence-electron chi connectivity index (χ1n) is 1.81. The fourth-order valence-electron chi connectivity index (χ4n) is 0.216. The molecule has 7 heavy (non-hydrogen) atoms. The molecule has 0 unspecified atom stereocenters. The molecular formula is C5H6Br2. The number of rotatable bonds is 1. The average molecular weight is 226 g/mol. The summed E-state index contributed by atoms with van der Waals surface area (Å²) in [4.78, 5) is 0. The maximum absolute atomic E-state index is 3.61. The maximum Gasteiger partial charge on any atom is 0.0111 e. The van der Waals surface area contributed by atoms with Gasteiger partial charge >= 0.3 is 0 Å². The summed E-state index contributed by atoms with van der Waals surface area (Å²) in [5.41, 5.74) is 0. The summed E-state index contributed by atoms with van der Waals surface area (Å²) in [5.74, 6) is 0. The zero-order valence-corrected chi connectivity index (χ0v) is 7.21. The Morgan fingerprint density at radius 2 is 2.00 bits per heavy atom. The Morgan fingerprint density at radius 3 is 2.00 bits per heavy atom. The molecule has 0 nitrogen and oxygen atoms in total. The van der Waals surface area contributed by atoms with E-state index in [1.54, 1.807) is 0 Å². The Kier molecular flexibility index (Phi) is 3.66. The second-order valence-corrected chi connectivity index (χ2v) is 3.45. The summed E-state index contributed by atoms with van der Waals surface area (Å²) in [6.07, 6.45) is 1.89. The number of halogens is 2. The highest BCUT2D eigenvalue weighted by Gasteiger charge is 1.77. The molecule has 0 fully saturated rings. The first-order valence-corrected chi connectivity index (χ1v) is 3.39. The van der Waals surface area contributed by atoms with Gasteiger partial charge in [-0.2, -0.15) is 0 Å². The van der Waals surface area contributed by atoms with Gasteiger partial charge in [0.1, 0.15) is 0 Å². The molecule has 0 saturated carbocycles. The van der Waals surface area contributed by atoms with Crippen molar-refractivity contribution in [3.63, 3.8) is 0 Å². The molecule has 0 heterocycles. The molecule has 0 rings (SSSR count). The third-order valence-electron chi connectivity index (χ3n) is 0.356. The highest BCUT2D eigenvalue weighted by molar-refractivity contribution is 9.12. The summed E-state index contributed by atoms with van der Waals surface area (Å²) < 4.78 is 1.97. The third-order valence-corrected chi connectivity index (χ3v) is 0.813. The van der Waals surface area contributed by atoms with Crippen molar-refractivity contribution >= 4 is 31.9 Å². The minimum Gasteiger partial charge on any atom is -0.0847 e. The lowest BCUT2D eigenvalue weighted by molar-refractivity contribution is 1.69. The lowest BCUT2D eigenvalue weighted by Gasteiger charge is -1.81. The van der Waals surface area contributed by atoms with Crippen molar-refractivity contribution in [2.24, 2.45) is 0 Å². The molecule has 0 aliphatic carbocycles. The van der Waals surface area contributed by atoms with Crippen molar-refractivity contribution < 1.29 is 0 Å². The van der Waals surface area contributed by atoms with Crippen molar-refractivity contribution in [2.45, 2.75) is 6.92 Å². The quantitative estimate of drug-likeness (QED) is 0.602. The molecule has 0 aliphatic heterocycles. The van der Waals surface area contributed by atoms with Crippen LogP contribution in [0.5, 0.6) is 0 Å². The Labute approximate surface area is 60.6 Å². The van der Waals surface area contributed by atoms with Crippen LogP contribution in [0.4, 0.5) is 0 Å². The minimum absolute atomic E-state index is 0.891. The Bertz CT molecular complexity index is 98.6. The van der Waals surface area contributed by atoms with Gasteiger partial charge in [0.2, 0.25) is 0 Å². The van der Waals surface area contributed by atoms with E-state index in [9.17, 15) is 0 Å². The van der Waals surface area contributed by atoms with E-state index >= 15 is 0 Å². The van der Waals surface area contributed by atoms with Gasteiger partial charge in [0, 0.05) is 4.48 Å². The molecule has 0 N–H and O–H groups in total. The Balaban J connectivity index is 3.68. The van der Waals surface area contributed by atoms with Crippen LogP contribution >= 0.6 is 31.9 Å². The van der Waals surface area contributed by atoms with E-state index in [2.05, 4.69) is 38.4 Å². The van der Waals surface area contributed by atoms with E-state index in [4.69, 9.17) is 0 Å². The van der Waals surface area contributed by atoms with Crippen LogP contribution in [0.1, 0.15) is 6.92 Å². The van der Waals surface area contributed by atoms with Crippen LogP contribution in [0.2, 0.25) is 0 Å². The summed E-state index contributed by atoms with van der Waals surface area (Å²) in [7, 11) is 0. The molecule has 0 aromatic heterocycles. The third kappa shape index (κ3) is 6.44. The topological polar surface area (TPSA) is 0 Å². The van der Waals surface area contributed by atoms with Crippen molar-refractivity contribution in [1.82, 2.24) is 0 Å². The van der Waals surface area contributed by atoms with Gasteiger partial charge in [0.25, 0.3) is 0 Å². The first kappa shape index (κ1) is 7.44. The summed E-state index contributed by atoms with van der Waals surface area (Å²) in [6, 6.07) is 0. The van der Waals surface area contributed by atoms with Gasteiger partial charge in [-0.3, -0.25) is 0 Å². The fraction of sp³-hybridized carbons (Fsp3) is 0.200. The van der Waals surface area contributed by atoms with Crippen LogP contribution in [0.15, 0.2) is 21.6 Å². The smallest absolute Gasteiger partial charge is 0.0111 e. The molecule has 0 spiro atoms. The van der Waals surface area contributed by atoms with Crippen LogP contribution in [0, 0.1) is 0 Å². The fourth-order valence-corrected chi connectivity index (χ4v) is 1.14. The molecule has 40 valence electrons. The van der Waals surface area contributed by atoms with E-state index in [1.165, 1.54) is 0 Å². The van der Waals surface area contributed by atoms with E-state index in [0.29, 0.717) is 0 Å². The maximum atomic E-state index is 3.61. The van der Waals surface area contributed by atoms with Crippen LogP contribution in [0.3, 0.4) is 0 Å². The van der Waals surface area contributed by atoms with E-state index in [-0.39, 0.29) is 0 Å². The molecule has 0 aliphatic rings. The van der Waals surface area contributed by atoms with Gasteiger partial charge in [0.05, 0.1) is 0 Å². The summed E-state index contributed by atoms with van der Waals surface area (Å²) >= 11 is 6.42. The molecule has 0 aromatic rings. The molecular weight excluding hydrogens is 220 g/mol. The van der Waals surface area contributed by atoms with Gasteiger partial charge in [0.15, 0.2) is 0 Å². The van der Waals surface area contributed by atoms with Crippen molar-refractivity contribution in [2.75, 3.05) is 0 Å². The molecule has 0 aromatic carbocycles. The molecule has 0 radical (unpaired) electrons. The van der Waals surface area contributed by atoms with Crippen LogP contribution in [0.25, 0.3) is 0 Å². The number of hydrogen-bond donors (Lipinski definition) is 0. The highest BCUT2D eigenvalue weighted by Crippen LogP contribution is 2.10. The molecule has 0 saturated heterocycles. The largest absolute Gasteiger partial charge is 0.0847 e. The van der Waals surface area contributed by atoms with Crippen molar-refractivity contribution in [3.05, 3.63) is 21.6 Å². The predicted molar refractivity (Wildman–Crippen MR) is 40.8 cm³/mol. The van der Waals surface area contributed by atoms with E-state index in [0.717, 1.165) is 8.96 Å². The second kappa shape index (κ2) is 3.44. The van der Waals surface area contributed by atoms with Crippen LogP contribution < -0.4 is 0 Å². The monoisotopic (exact) mass is 224 g/mol. The predicted octanol–water partition coefficient (Wildman–Crippen LogP) is 3.19. The summed E-state index contributed by atoms with van der Waals surface area (Å²) in [5, 5.41) is 0. The molecule has 2 heteroatoms. The SMILES string of the molecule is C=C(Br)/C=C(\C)Br. The van der Waals surface area contributed by atoms with Gasteiger partial charge in [-0.1, -0.05) is 38.4 Å². The van der Waals surface area contributed by atoms with Gasteiger partial charge in [-0.25, -0.2) is 0 Å². The average Bonchev–Trinajstić information content (AvgIpc) is 1.27. The van der Waals surface area contributed by atoms with E-state index < -0.39 is 0 Å². The van der Waals surface area contributed by atoms with Gasteiger partial charge in [-0.05, 0) is 17.5 Å². The zero-order valence-electron chi connectivity index (χ0n) is 4.04. The lowest BCUT2D eigenvalue weighted by atomic mass is 10.5. The Morgan fingerprint density at radius 1 is 1.57 bits per heavy atom. The minimum atomic E-state index is 0.891. The van der Waals surface area contributed by atoms with Crippen LogP contribution in [-0.2, 0) is 0 Å². The van der Waals surface area contributed by atoms with Crippen LogP contribution in [-0.4, -0.2) is 0 Å². The van der Waals surface area contributed by atoms with Gasteiger partial charge < -0.3 is 0 Å². The molecule has 0 atom stereocenters. The normalized spacial score (nSPS) is 11.6. The Hall–Kier alpha value is 0.440. The standard InChI is InChI=1S/C5H6Br2/c1-4(6)3-5(2)7/h3H,1H2,2H3/b5-3+. The molecule has 0 bridgehead atoms. The molecule has 0 amide bonds. The van der Waals surface area contributed by atoms with Crippen molar-refractivity contribution in [1.29, 1.82) is 0 Å². The first-order chi connectivity index (χ1) is 3.13. The second-order valence-electron chi connectivity index (χ2n) is 1.18. The van der Waals surface area contributed by atoms with Crippen molar-refractivity contribution in [3.8, 4) is 0 Å². The summed E-state index contributed by atoms with van der Waals surface area (Å²) in [6.45, 7) is 5.56. The number of allylic oxidation sites excluding steroid dienone is 3.